The van der Waals surface area contributed by atoms with E-state index >= 15 is 13.2 Å². The van der Waals surface area contributed by atoms with Gasteiger partial charge in [-0.1, -0.05) is 18.2 Å². The Labute approximate surface area is 292 Å². The van der Waals surface area contributed by atoms with E-state index in [1.54, 1.807) is 24.0 Å². The first-order chi connectivity index (χ1) is 24.5. The number of pyridine rings is 1. The summed E-state index contributed by atoms with van der Waals surface area (Å²) in [5.41, 5.74) is -3.82. The number of likely N-dealkylation sites (tertiary alicyclic amines) is 1. The zero-order chi connectivity index (χ0) is 37.6. The van der Waals surface area contributed by atoms with Gasteiger partial charge in [0.1, 0.15) is 42.0 Å². The number of carboxylic acids is 1. The molecule has 2 atom stereocenters. The van der Waals surface area contributed by atoms with Gasteiger partial charge >= 0.3 is 12.1 Å². The molecule has 2 aliphatic heterocycles. The van der Waals surface area contributed by atoms with E-state index in [4.69, 9.17) is 4.74 Å². The summed E-state index contributed by atoms with van der Waals surface area (Å²) in [5.74, 6) is -6.26. The van der Waals surface area contributed by atoms with Gasteiger partial charge in [0.2, 0.25) is 5.91 Å². The predicted octanol–water partition coefficient (Wildman–Crippen LogP) is 6.58. The number of aliphatic carboxylic acids is 1. The van der Waals surface area contributed by atoms with Crippen LogP contribution in [0.5, 0.6) is 5.75 Å². The highest BCUT2D eigenvalue weighted by Gasteiger charge is 2.38. The smallest absolute Gasteiger partial charge is 0.416 e. The van der Waals surface area contributed by atoms with Gasteiger partial charge in [-0.05, 0) is 66.8 Å². The maximum absolute atomic E-state index is 16.6. The van der Waals surface area contributed by atoms with Crippen molar-refractivity contribution >= 4 is 11.9 Å². The summed E-state index contributed by atoms with van der Waals surface area (Å²) in [6, 6.07) is 5.67. The second-order valence-corrected chi connectivity index (χ2v) is 13.0. The van der Waals surface area contributed by atoms with Crippen LogP contribution in [-0.4, -0.2) is 52.3 Å². The minimum absolute atomic E-state index is 0.00506. The highest BCUT2D eigenvalue weighted by Crippen LogP contribution is 2.41. The quantitative estimate of drug-likeness (QED) is 0.218. The van der Waals surface area contributed by atoms with E-state index in [1.807, 2.05) is 0 Å². The fourth-order valence-electron chi connectivity index (χ4n) is 6.74. The van der Waals surface area contributed by atoms with Crippen molar-refractivity contribution in [2.45, 2.75) is 57.7 Å². The van der Waals surface area contributed by atoms with Crippen molar-refractivity contribution in [3.05, 3.63) is 121 Å². The van der Waals surface area contributed by atoms with Crippen LogP contribution in [0.1, 0.15) is 57.4 Å². The Bertz CT molecular complexity index is 2130. The molecular formula is C37H32F7N3O5. The molecule has 52 heavy (non-hydrogen) atoms. The lowest BCUT2D eigenvalue weighted by Gasteiger charge is -2.34. The lowest BCUT2D eigenvalue weighted by molar-refractivity contribution is -0.139. The normalized spacial score (nSPS) is 18.1. The van der Waals surface area contributed by atoms with Gasteiger partial charge in [-0.3, -0.25) is 23.9 Å². The van der Waals surface area contributed by atoms with Gasteiger partial charge in [0.25, 0.3) is 5.56 Å². The molecule has 274 valence electrons. The zero-order valence-electron chi connectivity index (χ0n) is 27.8. The molecule has 1 fully saturated rings. The second-order valence-electron chi connectivity index (χ2n) is 13.0. The number of nitrogens with zero attached hydrogens (tertiary/aromatic N) is 2. The molecule has 6 rings (SSSR count). The second kappa shape index (κ2) is 14.1. The molecular weight excluding hydrogens is 699 g/mol. The number of rotatable bonds is 6. The summed E-state index contributed by atoms with van der Waals surface area (Å²) in [6.45, 7) is 2.63. The van der Waals surface area contributed by atoms with Crippen molar-refractivity contribution in [3.8, 4) is 16.9 Å². The van der Waals surface area contributed by atoms with Crippen molar-refractivity contribution in [3.63, 3.8) is 0 Å². The van der Waals surface area contributed by atoms with Gasteiger partial charge in [-0.2, -0.15) is 13.2 Å². The number of halogens is 7. The van der Waals surface area contributed by atoms with Crippen LogP contribution < -0.4 is 15.6 Å². The first kappa shape index (κ1) is 36.6. The molecule has 8 nitrogen and oxygen atoms in total. The van der Waals surface area contributed by atoms with E-state index in [-0.39, 0.29) is 66.7 Å². The number of aromatic nitrogens is 1. The molecule has 3 aromatic carbocycles. The number of benzene rings is 3. The maximum Gasteiger partial charge on any atom is 0.416 e. The SMILES string of the molecule is Cc1cc2c(F)c(c1F)[C@H](CC(=O)O)NC(=O)[C@@H](n1cc(CCN3CC(F)C3)c(C(F)(F)F)cc1=O)c1cc(ccc1F)COc1cccc(C)c1-2. The third-order valence-electron chi connectivity index (χ3n) is 9.32. The lowest BCUT2D eigenvalue weighted by Crippen LogP contribution is -2.49. The number of alkyl halides is 4. The Morgan fingerprint density at radius 3 is 2.40 bits per heavy atom. The topological polar surface area (TPSA) is 101 Å². The minimum atomic E-state index is -5.02. The molecule has 3 heterocycles. The Balaban J connectivity index is 1.58. The van der Waals surface area contributed by atoms with Crippen LogP contribution >= 0.6 is 0 Å². The number of aryl methyl sites for hydroxylation is 2. The van der Waals surface area contributed by atoms with Gasteiger partial charge in [-0.15, -0.1) is 0 Å². The van der Waals surface area contributed by atoms with Gasteiger partial charge in [-0.25, -0.2) is 17.6 Å². The molecule has 4 bridgehead atoms. The largest absolute Gasteiger partial charge is 0.488 e. The average Bonchev–Trinajstić information content (AvgIpc) is 3.04. The maximum atomic E-state index is 16.6. The fourth-order valence-corrected chi connectivity index (χ4v) is 6.74. The number of nitrogens with one attached hydrogen (secondary N) is 1. The Kier molecular flexibility index (Phi) is 9.92. The first-order valence-corrected chi connectivity index (χ1v) is 16.2. The van der Waals surface area contributed by atoms with Crippen LogP contribution in [-0.2, 0) is 28.8 Å². The highest BCUT2D eigenvalue weighted by atomic mass is 19.4. The minimum Gasteiger partial charge on any atom is -0.488 e. The molecule has 0 aliphatic carbocycles. The molecule has 1 saturated heterocycles. The summed E-state index contributed by atoms with van der Waals surface area (Å²) in [4.78, 5) is 41.5. The number of hydrogen-bond donors (Lipinski definition) is 2. The molecule has 4 aromatic rings. The van der Waals surface area contributed by atoms with E-state index in [0.29, 0.717) is 10.1 Å². The van der Waals surface area contributed by atoms with Crippen molar-refractivity contribution in [1.29, 1.82) is 0 Å². The van der Waals surface area contributed by atoms with E-state index < -0.39 is 88.0 Å². The molecule has 0 spiro atoms. The first-order valence-electron chi connectivity index (χ1n) is 16.2. The molecule has 2 N–H and O–H groups in total. The molecule has 0 saturated carbocycles. The number of hydrogen-bond acceptors (Lipinski definition) is 5. The van der Waals surface area contributed by atoms with Crippen molar-refractivity contribution < 1.29 is 50.2 Å². The number of amides is 1. The van der Waals surface area contributed by atoms with Crippen molar-refractivity contribution in [2.75, 3.05) is 19.6 Å². The monoisotopic (exact) mass is 731 g/mol. The van der Waals surface area contributed by atoms with Crippen LogP contribution in [0, 0.1) is 31.3 Å². The van der Waals surface area contributed by atoms with E-state index in [9.17, 15) is 37.1 Å². The van der Waals surface area contributed by atoms with Crippen LogP contribution in [0.2, 0.25) is 0 Å². The molecule has 0 radical (unpaired) electrons. The van der Waals surface area contributed by atoms with Gasteiger partial charge in [0, 0.05) is 54.2 Å². The summed E-state index contributed by atoms with van der Waals surface area (Å²) < 4.78 is 111. The number of carboxylic acid groups (broad SMARTS) is 1. The number of ether oxygens (including phenoxy) is 1. The summed E-state index contributed by atoms with van der Waals surface area (Å²) in [5, 5.41) is 12.1. The molecule has 1 aromatic heterocycles. The van der Waals surface area contributed by atoms with Gasteiger partial charge in [0.05, 0.1) is 18.0 Å². The molecule has 2 aliphatic rings. The molecule has 1 amide bonds. The molecule has 15 heteroatoms. The Hall–Kier alpha value is -5.18. The standard InChI is InChI=1S/C37H32F7N3O5/c1-18-4-3-5-28-31(18)24-10-19(2)33(40)32(34(24)41)27(13-30(49)50)45-36(51)35(23-11-20(17-52-28)6-7-26(23)39)47-14-21(8-9-46-15-22(38)16-46)25(12-29(47)48)37(42,43)44/h3-7,10-12,14,22,27,35H,8-9,13,15-17H2,1-2H3,(H,45,51)(H,49,50)/t27-,35-/m0/s1. The van der Waals surface area contributed by atoms with Crippen LogP contribution in [0.4, 0.5) is 30.7 Å². The number of carbonyl (C=O) groups is 2. The third kappa shape index (κ3) is 7.14. The van der Waals surface area contributed by atoms with E-state index in [1.165, 1.54) is 31.2 Å². The molecule has 0 unspecified atom stereocenters. The Morgan fingerprint density at radius 1 is 1.00 bits per heavy atom. The zero-order valence-corrected chi connectivity index (χ0v) is 27.8. The number of carbonyl (C=O) groups excluding carboxylic acids is 1. The summed E-state index contributed by atoms with van der Waals surface area (Å²) in [7, 11) is 0. The third-order valence-corrected chi connectivity index (χ3v) is 9.32. The van der Waals surface area contributed by atoms with Crippen molar-refractivity contribution in [2.24, 2.45) is 0 Å². The van der Waals surface area contributed by atoms with E-state index in [0.717, 1.165) is 12.3 Å². The van der Waals surface area contributed by atoms with Gasteiger partial charge in [0.15, 0.2) is 0 Å². The predicted molar refractivity (Wildman–Crippen MR) is 174 cm³/mol. The Morgan fingerprint density at radius 2 is 1.73 bits per heavy atom. The van der Waals surface area contributed by atoms with Gasteiger partial charge < -0.3 is 15.2 Å². The lowest BCUT2D eigenvalue weighted by atomic mass is 9.90. The fraction of sp³-hybridized carbons (Fsp3) is 0.324. The van der Waals surface area contributed by atoms with Crippen LogP contribution in [0.3, 0.4) is 0 Å². The summed E-state index contributed by atoms with van der Waals surface area (Å²) in [6.07, 6.45) is -6.81. The van der Waals surface area contributed by atoms with Crippen molar-refractivity contribution in [1.82, 2.24) is 14.8 Å². The average molecular weight is 732 g/mol. The van der Waals surface area contributed by atoms with E-state index in [2.05, 4.69) is 5.32 Å². The number of fused-ring (bicyclic) bond motifs is 6. The highest BCUT2D eigenvalue weighted by molar-refractivity contribution is 5.85. The van der Waals surface area contributed by atoms with Crippen LogP contribution in [0.25, 0.3) is 11.1 Å². The van der Waals surface area contributed by atoms with Crippen LogP contribution in [0.15, 0.2) is 59.5 Å². The summed E-state index contributed by atoms with van der Waals surface area (Å²) >= 11 is 0.